The van der Waals surface area contributed by atoms with Crippen molar-refractivity contribution < 1.29 is 9.53 Å². The zero-order chi connectivity index (χ0) is 17.2. The van der Waals surface area contributed by atoms with Crippen LogP contribution in [0.25, 0.3) is 6.08 Å². The van der Waals surface area contributed by atoms with Gasteiger partial charge in [0.05, 0.1) is 13.2 Å². The zero-order valence-electron chi connectivity index (χ0n) is 14.0. The minimum Gasteiger partial charge on any atom is -0.378 e. The zero-order valence-corrected chi connectivity index (χ0v) is 15.6. The fourth-order valence-electron chi connectivity index (χ4n) is 3.49. The van der Waals surface area contributed by atoms with E-state index in [4.69, 9.17) is 4.74 Å². The molecule has 2 aromatic carbocycles. The van der Waals surface area contributed by atoms with Crippen molar-refractivity contribution in [3.63, 3.8) is 0 Å². The number of halogens is 1. The van der Waals surface area contributed by atoms with Crippen LogP contribution >= 0.6 is 15.9 Å². The summed E-state index contributed by atoms with van der Waals surface area (Å²) in [5, 5.41) is 0. The lowest BCUT2D eigenvalue weighted by molar-refractivity contribution is 0.102. The van der Waals surface area contributed by atoms with E-state index in [0.717, 1.165) is 65.9 Å². The lowest BCUT2D eigenvalue weighted by Gasteiger charge is -2.28. The Morgan fingerprint density at radius 3 is 2.52 bits per heavy atom. The number of hydrogen-bond donors (Lipinski definition) is 0. The van der Waals surface area contributed by atoms with Gasteiger partial charge in [0.1, 0.15) is 0 Å². The van der Waals surface area contributed by atoms with Gasteiger partial charge >= 0.3 is 0 Å². The van der Waals surface area contributed by atoms with Gasteiger partial charge in [0.15, 0.2) is 5.78 Å². The fourth-order valence-corrected chi connectivity index (χ4v) is 3.90. The van der Waals surface area contributed by atoms with Crippen LogP contribution in [0.1, 0.15) is 27.9 Å². The molecule has 1 aliphatic heterocycles. The quantitative estimate of drug-likeness (QED) is 0.698. The maximum Gasteiger partial charge on any atom is 0.189 e. The maximum absolute atomic E-state index is 12.7. The molecule has 4 rings (SSSR count). The summed E-state index contributed by atoms with van der Waals surface area (Å²) in [6, 6.07) is 14.4. The van der Waals surface area contributed by atoms with Crippen LogP contribution in [0.15, 0.2) is 52.5 Å². The molecule has 0 atom stereocenters. The van der Waals surface area contributed by atoms with Crippen LogP contribution < -0.4 is 4.90 Å². The van der Waals surface area contributed by atoms with Crippen molar-refractivity contribution in [2.24, 2.45) is 0 Å². The average Bonchev–Trinajstić information content (AvgIpc) is 2.65. The number of allylic oxidation sites excluding steroid dienone is 1. The molecule has 1 aliphatic carbocycles. The minimum atomic E-state index is 0.158. The topological polar surface area (TPSA) is 29.5 Å². The van der Waals surface area contributed by atoms with Gasteiger partial charge in [-0.25, -0.2) is 0 Å². The highest BCUT2D eigenvalue weighted by Crippen LogP contribution is 2.29. The summed E-state index contributed by atoms with van der Waals surface area (Å²) >= 11 is 3.48. The predicted molar refractivity (Wildman–Crippen MR) is 104 cm³/mol. The average molecular weight is 398 g/mol. The van der Waals surface area contributed by atoms with Crippen molar-refractivity contribution in [2.75, 3.05) is 31.2 Å². The number of fused-ring (bicyclic) bond motifs is 1. The van der Waals surface area contributed by atoms with Crippen molar-refractivity contribution in [2.45, 2.75) is 12.8 Å². The summed E-state index contributed by atoms with van der Waals surface area (Å²) in [6.07, 6.45) is 3.75. The summed E-state index contributed by atoms with van der Waals surface area (Å²) in [4.78, 5) is 15.1. The van der Waals surface area contributed by atoms with Gasteiger partial charge in [-0.15, -0.1) is 0 Å². The lowest BCUT2D eigenvalue weighted by atomic mass is 9.86. The number of ketones is 1. The molecule has 128 valence electrons. The predicted octanol–water partition coefficient (Wildman–Crippen LogP) is 4.50. The Morgan fingerprint density at radius 1 is 1.00 bits per heavy atom. The normalized spacial score (nSPS) is 19.2. The highest BCUT2D eigenvalue weighted by atomic mass is 79.9. The maximum atomic E-state index is 12.7. The molecule has 0 saturated carbocycles. The molecule has 2 aliphatic rings. The van der Waals surface area contributed by atoms with Crippen molar-refractivity contribution >= 4 is 33.5 Å². The first-order chi connectivity index (χ1) is 12.2. The largest absolute Gasteiger partial charge is 0.378 e. The Bertz CT molecular complexity index is 820. The summed E-state index contributed by atoms with van der Waals surface area (Å²) in [5.41, 5.74) is 5.18. The van der Waals surface area contributed by atoms with E-state index in [-0.39, 0.29) is 5.78 Å². The molecule has 0 aromatic heterocycles. The van der Waals surface area contributed by atoms with Crippen LogP contribution in [0.5, 0.6) is 0 Å². The molecule has 4 heteroatoms. The van der Waals surface area contributed by atoms with E-state index >= 15 is 0 Å². The first kappa shape index (κ1) is 16.6. The number of nitrogens with zero attached hydrogens (tertiary/aromatic N) is 1. The Kier molecular flexibility index (Phi) is 4.73. The number of aryl methyl sites for hydroxylation is 1. The monoisotopic (exact) mass is 397 g/mol. The van der Waals surface area contributed by atoms with Crippen molar-refractivity contribution in [3.05, 3.63) is 69.2 Å². The van der Waals surface area contributed by atoms with E-state index in [0.29, 0.717) is 0 Å². The molecule has 3 nitrogen and oxygen atoms in total. The van der Waals surface area contributed by atoms with Gasteiger partial charge in [0.25, 0.3) is 0 Å². The van der Waals surface area contributed by atoms with Gasteiger partial charge in [0, 0.05) is 34.4 Å². The second-order valence-electron chi connectivity index (χ2n) is 6.49. The van der Waals surface area contributed by atoms with Gasteiger partial charge in [-0.3, -0.25) is 4.79 Å². The fraction of sp³-hybridized carbons (Fsp3) is 0.286. The minimum absolute atomic E-state index is 0.158. The third-order valence-electron chi connectivity index (χ3n) is 4.88. The highest BCUT2D eigenvalue weighted by Gasteiger charge is 2.21. The number of anilines is 1. The van der Waals surface area contributed by atoms with Crippen LogP contribution in [-0.4, -0.2) is 32.1 Å². The molecular weight excluding hydrogens is 378 g/mol. The lowest BCUT2D eigenvalue weighted by Crippen LogP contribution is -2.36. The molecule has 0 N–H and O–H groups in total. The molecule has 1 fully saturated rings. The smallest absolute Gasteiger partial charge is 0.189 e. The summed E-state index contributed by atoms with van der Waals surface area (Å²) in [7, 11) is 0. The van der Waals surface area contributed by atoms with E-state index in [1.54, 1.807) is 0 Å². The van der Waals surface area contributed by atoms with Gasteiger partial charge in [-0.1, -0.05) is 28.1 Å². The Balaban J connectivity index is 1.54. The van der Waals surface area contributed by atoms with E-state index in [1.165, 1.54) is 5.69 Å². The Hall–Kier alpha value is -1.91. The third-order valence-corrected chi connectivity index (χ3v) is 5.37. The molecule has 0 amide bonds. The van der Waals surface area contributed by atoms with Crippen LogP contribution in [0, 0.1) is 0 Å². The van der Waals surface area contributed by atoms with E-state index in [2.05, 4.69) is 51.2 Å². The van der Waals surface area contributed by atoms with Crippen molar-refractivity contribution in [1.29, 1.82) is 0 Å². The number of morpholine rings is 1. The summed E-state index contributed by atoms with van der Waals surface area (Å²) in [5.74, 6) is 0.158. The second-order valence-corrected chi connectivity index (χ2v) is 7.41. The second kappa shape index (κ2) is 7.14. The summed E-state index contributed by atoms with van der Waals surface area (Å²) < 4.78 is 6.43. The van der Waals surface area contributed by atoms with Crippen molar-refractivity contribution in [1.82, 2.24) is 0 Å². The van der Waals surface area contributed by atoms with Gasteiger partial charge < -0.3 is 9.64 Å². The third kappa shape index (κ3) is 3.55. The number of carbonyl (C=O) groups is 1. The molecule has 1 saturated heterocycles. The standard InChI is InChI=1S/C21H20BrNO2/c22-18-5-8-20-16(14-18)3-4-17(21(20)24)13-15-1-6-19(7-2-15)23-9-11-25-12-10-23/h1-2,5-8,13-14H,3-4,9-12H2. The molecule has 2 aromatic rings. The van der Waals surface area contributed by atoms with Crippen LogP contribution in [0.2, 0.25) is 0 Å². The number of ether oxygens (including phenoxy) is 1. The first-order valence-electron chi connectivity index (χ1n) is 8.67. The van der Waals surface area contributed by atoms with Crippen LogP contribution in [0.4, 0.5) is 5.69 Å². The SMILES string of the molecule is O=C1C(=Cc2ccc(N3CCOCC3)cc2)CCc2cc(Br)ccc21. The molecule has 0 radical (unpaired) electrons. The molecule has 0 spiro atoms. The van der Waals surface area contributed by atoms with Crippen LogP contribution in [-0.2, 0) is 11.2 Å². The molecule has 1 heterocycles. The van der Waals surface area contributed by atoms with Crippen LogP contribution in [0.3, 0.4) is 0 Å². The van der Waals surface area contributed by atoms with Gasteiger partial charge in [-0.05, 0) is 60.4 Å². The van der Waals surface area contributed by atoms with E-state index in [9.17, 15) is 4.79 Å². The number of rotatable bonds is 2. The number of benzene rings is 2. The van der Waals surface area contributed by atoms with Gasteiger partial charge in [-0.2, -0.15) is 0 Å². The molecular formula is C21H20BrNO2. The molecule has 0 unspecified atom stereocenters. The van der Waals surface area contributed by atoms with Gasteiger partial charge in [0.2, 0.25) is 0 Å². The summed E-state index contributed by atoms with van der Waals surface area (Å²) in [6.45, 7) is 3.45. The Morgan fingerprint density at radius 2 is 1.76 bits per heavy atom. The number of carbonyl (C=O) groups excluding carboxylic acids is 1. The Labute approximate surface area is 156 Å². The number of hydrogen-bond acceptors (Lipinski definition) is 3. The molecule has 0 bridgehead atoms. The number of Topliss-reactive ketones (excluding diaryl/α,β-unsaturated/α-hetero) is 1. The van der Waals surface area contributed by atoms with E-state index < -0.39 is 0 Å². The molecule has 25 heavy (non-hydrogen) atoms. The van der Waals surface area contributed by atoms with E-state index in [1.807, 2.05) is 18.2 Å². The van der Waals surface area contributed by atoms with Crippen molar-refractivity contribution in [3.8, 4) is 0 Å². The first-order valence-corrected chi connectivity index (χ1v) is 9.46. The highest BCUT2D eigenvalue weighted by molar-refractivity contribution is 9.10.